The Hall–Kier alpha value is -2.95. The normalized spacial score (nSPS) is 19.2. The number of hydrogen-bond donors (Lipinski definition) is 1. The molecule has 0 bridgehead atoms. The number of halogens is 1. The van der Waals surface area contributed by atoms with Crippen molar-refractivity contribution in [3.63, 3.8) is 0 Å². The van der Waals surface area contributed by atoms with Gasteiger partial charge in [-0.25, -0.2) is 4.39 Å². The standard InChI is InChI=1S/C23H24FNO3/c1-3-15-8-10-16(11-9-15)22(26)25-18-13-12-17(14-18)21(23(27)28-2)19-6-4-5-7-20(19)24/h4-13,17-18,21H,3,14H2,1-2H3,(H,25,26). The highest BCUT2D eigenvalue weighted by atomic mass is 19.1. The smallest absolute Gasteiger partial charge is 0.313 e. The van der Waals surface area contributed by atoms with Crippen LogP contribution in [0.25, 0.3) is 0 Å². The van der Waals surface area contributed by atoms with Crippen LogP contribution in [0.15, 0.2) is 60.7 Å². The number of esters is 1. The first-order valence-corrected chi connectivity index (χ1v) is 9.43. The molecule has 28 heavy (non-hydrogen) atoms. The lowest BCUT2D eigenvalue weighted by atomic mass is 9.85. The molecule has 3 atom stereocenters. The predicted octanol–water partition coefficient (Wildman–Crippen LogP) is 4.02. The minimum absolute atomic E-state index is 0.168. The molecular formula is C23H24FNO3. The number of carbonyl (C=O) groups is 2. The third-order valence-corrected chi connectivity index (χ3v) is 5.18. The number of ether oxygens (including phenoxy) is 1. The molecule has 4 nitrogen and oxygen atoms in total. The second-order valence-corrected chi connectivity index (χ2v) is 6.94. The largest absolute Gasteiger partial charge is 0.469 e. The Morgan fingerprint density at radius 1 is 1.14 bits per heavy atom. The van der Waals surface area contributed by atoms with E-state index in [-0.39, 0.29) is 17.9 Å². The van der Waals surface area contributed by atoms with Gasteiger partial charge in [-0.2, -0.15) is 0 Å². The molecule has 0 fully saturated rings. The molecule has 1 aliphatic rings. The summed E-state index contributed by atoms with van der Waals surface area (Å²) in [5.41, 5.74) is 2.07. The van der Waals surface area contributed by atoms with Crippen molar-refractivity contribution in [2.45, 2.75) is 31.7 Å². The summed E-state index contributed by atoms with van der Waals surface area (Å²) in [5.74, 6) is -2.08. The highest BCUT2D eigenvalue weighted by molar-refractivity contribution is 5.94. The molecule has 3 rings (SSSR count). The maximum atomic E-state index is 14.3. The van der Waals surface area contributed by atoms with Crippen LogP contribution in [0.5, 0.6) is 0 Å². The zero-order valence-corrected chi connectivity index (χ0v) is 16.0. The fraction of sp³-hybridized carbons (Fsp3) is 0.304. The summed E-state index contributed by atoms with van der Waals surface area (Å²) < 4.78 is 19.2. The summed E-state index contributed by atoms with van der Waals surface area (Å²) >= 11 is 0. The van der Waals surface area contributed by atoms with Crippen LogP contribution in [0.4, 0.5) is 4.39 Å². The van der Waals surface area contributed by atoms with Gasteiger partial charge in [-0.15, -0.1) is 0 Å². The van der Waals surface area contributed by atoms with Crippen LogP contribution >= 0.6 is 0 Å². The summed E-state index contributed by atoms with van der Waals surface area (Å²) in [6, 6.07) is 13.5. The van der Waals surface area contributed by atoms with Crippen molar-refractivity contribution in [2.24, 2.45) is 5.92 Å². The average molecular weight is 381 g/mol. The zero-order valence-electron chi connectivity index (χ0n) is 16.0. The van der Waals surface area contributed by atoms with Crippen molar-refractivity contribution in [1.29, 1.82) is 0 Å². The van der Waals surface area contributed by atoms with Crippen LogP contribution in [0.2, 0.25) is 0 Å². The lowest BCUT2D eigenvalue weighted by Gasteiger charge is -2.22. The molecule has 0 aromatic heterocycles. The van der Waals surface area contributed by atoms with E-state index in [1.807, 2.05) is 24.3 Å². The monoisotopic (exact) mass is 381 g/mol. The molecule has 0 radical (unpaired) electrons. The minimum Gasteiger partial charge on any atom is -0.469 e. The van der Waals surface area contributed by atoms with Crippen molar-refractivity contribution in [1.82, 2.24) is 5.32 Å². The van der Waals surface area contributed by atoms with Crippen molar-refractivity contribution >= 4 is 11.9 Å². The summed E-state index contributed by atoms with van der Waals surface area (Å²) in [6.07, 6.45) is 5.14. The van der Waals surface area contributed by atoms with Crippen molar-refractivity contribution in [3.05, 3.63) is 83.2 Å². The first-order valence-electron chi connectivity index (χ1n) is 9.43. The molecule has 0 saturated carbocycles. The topological polar surface area (TPSA) is 55.4 Å². The molecular weight excluding hydrogens is 357 g/mol. The Kier molecular flexibility index (Phi) is 6.24. The predicted molar refractivity (Wildman–Crippen MR) is 105 cm³/mol. The third kappa shape index (κ3) is 4.30. The fourth-order valence-electron chi connectivity index (χ4n) is 3.61. The van der Waals surface area contributed by atoms with E-state index in [4.69, 9.17) is 4.74 Å². The summed E-state index contributed by atoms with van der Waals surface area (Å²) in [6.45, 7) is 2.06. The summed E-state index contributed by atoms with van der Waals surface area (Å²) in [7, 11) is 1.30. The van der Waals surface area contributed by atoms with Crippen LogP contribution in [0, 0.1) is 11.7 Å². The number of rotatable bonds is 6. The molecule has 1 N–H and O–H groups in total. The molecule has 2 aromatic rings. The lowest BCUT2D eigenvalue weighted by Crippen LogP contribution is -2.33. The minimum atomic E-state index is -0.742. The van der Waals surface area contributed by atoms with Gasteiger partial charge in [-0.05, 0) is 42.5 Å². The number of methoxy groups -OCH3 is 1. The molecule has 3 unspecified atom stereocenters. The van der Waals surface area contributed by atoms with E-state index in [1.54, 1.807) is 30.3 Å². The van der Waals surface area contributed by atoms with Crippen LogP contribution < -0.4 is 5.32 Å². The molecule has 0 heterocycles. The zero-order chi connectivity index (χ0) is 20.1. The second kappa shape index (κ2) is 8.83. The maximum absolute atomic E-state index is 14.3. The van der Waals surface area contributed by atoms with Gasteiger partial charge >= 0.3 is 5.97 Å². The van der Waals surface area contributed by atoms with Gasteiger partial charge in [0.1, 0.15) is 5.82 Å². The van der Waals surface area contributed by atoms with Gasteiger partial charge < -0.3 is 10.1 Å². The quantitative estimate of drug-likeness (QED) is 0.607. The molecule has 146 valence electrons. The van der Waals surface area contributed by atoms with Crippen LogP contribution in [-0.4, -0.2) is 25.0 Å². The van der Waals surface area contributed by atoms with E-state index in [0.29, 0.717) is 17.5 Å². The van der Waals surface area contributed by atoms with Crippen molar-refractivity contribution < 1.29 is 18.7 Å². The van der Waals surface area contributed by atoms with E-state index in [9.17, 15) is 14.0 Å². The van der Waals surface area contributed by atoms with Gasteiger partial charge in [0.15, 0.2) is 0 Å². The fourth-order valence-corrected chi connectivity index (χ4v) is 3.61. The van der Waals surface area contributed by atoms with Crippen LogP contribution in [0.3, 0.4) is 0 Å². The van der Waals surface area contributed by atoms with E-state index >= 15 is 0 Å². The SMILES string of the molecule is CCc1ccc(C(=O)NC2C=CC(C(C(=O)OC)c3ccccc3F)C2)cc1. The Bertz CT molecular complexity index is 876. The van der Waals surface area contributed by atoms with Gasteiger partial charge in [0.05, 0.1) is 13.0 Å². The van der Waals surface area contributed by atoms with Gasteiger partial charge in [0.25, 0.3) is 5.91 Å². The van der Waals surface area contributed by atoms with Gasteiger partial charge in [-0.1, -0.05) is 49.4 Å². The van der Waals surface area contributed by atoms with Gasteiger partial charge in [-0.3, -0.25) is 9.59 Å². The number of carbonyl (C=O) groups excluding carboxylic acids is 2. The highest BCUT2D eigenvalue weighted by Crippen LogP contribution is 2.35. The molecule has 1 amide bonds. The average Bonchev–Trinajstić information content (AvgIpc) is 3.17. The van der Waals surface area contributed by atoms with E-state index in [0.717, 1.165) is 6.42 Å². The summed E-state index contributed by atoms with van der Waals surface area (Å²) in [4.78, 5) is 24.8. The first-order chi connectivity index (χ1) is 13.5. The number of allylic oxidation sites excluding steroid dienone is 1. The van der Waals surface area contributed by atoms with E-state index in [1.165, 1.54) is 18.7 Å². The first kappa shape index (κ1) is 19.8. The summed E-state index contributed by atoms with van der Waals surface area (Å²) in [5, 5.41) is 2.97. The van der Waals surface area contributed by atoms with Crippen LogP contribution in [0.1, 0.15) is 40.7 Å². The lowest BCUT2D eigenvalue weighted by molar-refractivity contribution is -0.143. The molecule has 0 saturated heterocycles. The van der Waals surface area contributed by atoms with Gasteiger partial charge in [0, 0.05) is 17.2 Å². The number of aryl methyl sites for hydroxylation is 1. The second-order valence-electron chi connectivity index (χ2n) is 6.94. The Morgan fingerprint density at radius 2 is 1.86 bits per heavy atom. The van der Waals surface area contributed by atoms with Crippen molar-refractivity contribution in [2.75, 3.05) is 7.11 Å². The van der Waals surface area contributed by atoms with E-state index in [2.05, 4.69) is 12.2 Å². The van der Waals surface area contributed by atoms with Crippen LogP contribution in [-0.2, 0) is 16.0 Å². The molecule has 0 aliphatic heterocycles. The molecule has 1 aliphatic carbocycles. The van der Waals surface area contributed by atoms with Crippen molar-refractivity contribution in [3.8, 4) is 0 Å². The number of hydrogen-bond acceptors (Lipinski definition) is 3. The Balaban J connectivity index is 1.70. The Labute approximate surface area is 164 Å². The number of benzene rings is 2. The maximum Gasteiger partial charge on any atom is 0.313 e. The molecule has 2 aromatic carbocycles. The highest BCUT2D eigenvalue weighted by Gasteiger charge is 2.35. The number of nitrogens with one attached hydrogen (secondary N) is 1. The van der Waals surface area contributed by atoms with Gasteiger partial charge in [0.2, 0.25) is 0 Å². The number of amides is 1. The van der Waals surface area contributed by atoms with E-state index < -0.39 is 17.7 Å². The molecule has 0 spiro atoms. The third-order valence-electron chi connectivity index (χ3n) is 5.18. The molecule has 5 heteroatoms. The Morgan fingerprint density at radius 3 is 2.50 bits per heavy atom.